The van der Waals surface area contributed by atoms with Gasteiger partial charge in [0, 0.05) is 22.4 Å². The van der Waals surface area contributed by atoms with Crippen LogP contribution in [0.25, 0.3) is 5.57 Å². The molecule has 1 fully saturated rings. The molecule has 0 bridgehead atoms. The molecule has 2 aromatic rings. The van der Waals surface area contributed by atoms with E-state index in [2.05, 4.69) is 25.8 Å². The van der Waals surface area contributed by atoms with E-state index >= 15 is 0 Å². The summed E-state index contributed by atoms with van der Waals surface area (Å²) in [7, 11) is 0. The summed E-state index contributed by atoms with van der Waals surface area (Å²) in [5, 5.41) is 35.8. The summed E-state index contributed by atoms with van der Waals surface area (Å²) >= 11 is 9.35. The summed E-state index contributed by atoms with van der Waals surface area (Å²) in [6.07, 6.45) is 0. The number of rotatable bonds is 8. The molecule has 3 N–H and O–H groups in total. The van der Waals surface area contributed by atoms with Gasteiger partial charge in [-0.25, -0.2) is 9.67 Å². The summed E-state index contributed by atoms with van der Waals surface area (Å²) in [5.41, 5.74) is 7.14. The number of fused-ring (bicyclic) bond motifs is 1. The van der Waals surface area contributed by atoms with Crippen LogP contribution in [0.15, 0.2) is 27.3 Å². The van der Waals surface area contributed by atoms with Gasteiger partial charge >= 0.3 is 29.6 Å². The largest absolute Gasteiger partial charge is 1.00 e. The average molecular weight is 562 g/mol. The Kier molecular flexibility index (Phi) is 9.21. The molecule has 2 aliphatic rings. The molecule has 0 aromatic carbocycles. The van der Waals surface area contributed by atoms with E-state index in [9.17, 15) is 19.5 Å². The number of carboxylic acids is 1. The fraction of sp³-hybridized carbons (Fsp3) is 0.294. The molecule has 176 valence electrons. The van der Waals surface area contributed by atoms with Crippen molar-refractivity contribution >= 4 is 74.9 Å². The maximum atomic E-state index is 12.8. The van der Waals surface area contributed by atoms with Crippen LogP contribution < -0.4 is 45.7 Å². The predicted octanol–water partition coefficient (Wildman–Crippen LogP) is -3.98. The van der Waals surface area contributed by atoms with Gasteiger partial charge in [0.2, 0.25) is 5.16 Å². The van der Waals surface area contributed by atoms with Crippen molar-refractivity contribution in [3.05, 3.63) is 27.9 Å². The molecule has 2 atom stereocenters. The van der Waals surface area contributed by atoms with Crippen LogP contribution in [0.5, 0.6) is 0 Å². The molecule has 13 nitrogen and oxygen atoms in total. The van der Waals surface area contributed by atoms with Crippen LogP contribution in [-0.4, -0.2) is 70.8 Å². The van der Waals surface area contributed by atoms with Crippen LogP contribution in [0.2, 0.25) is 0 Å². The molecule has 2 amide bonds. The van der Waals surface area contributed by atoms with Gasteiger partial charge < -0.3 is 21.0 Å². The smallest absolute Gasteiger partial charge is 0.543 e. The third kappa shape index (κ3) is 5.50. The molecule has 4 rings (SSSR count). The van der Waals surface area contributed by atoms with E-state index < -0.39 is 29.2 Å². The molecule has 35 heavy (non-hydrogen) atoms. The third-order valence-corrected chi connectivity index (χ3v) is 8.05. The maximum absolute atomic E-state index is 12.8. The van der Waals surface area contributed by atoms with Crippen LogP contribution in [0.1, 0.15) is 5.69 Å². The quantitative estimate of drug-likeness (QED) is 0.137. The topological polar surface area (TPSA) is 196 Å². The number of nitrogens with one attached hydrogen (secondary N) is 1. The minimum absolute atomic E-state index is 0. The summed E-state index contributed by atoms with van der Waals surface area (Å²) in [5.74, 6) is -2.29. The second-order valence-electron chi connectivity index (χ2n) is 6.76. The number of aromatic nitrogens is 5. The van der Waals surface area contributed by atoms with Gasteiger partial charge in [-0.3, -0.25) is 14.5 Å². The number of β-lactam (4-membered cyclic amide) rings is 1. The number of carbonyl (C=O) groups excluding carboxylic acids is 3. The van der Waals surface area contributed by atoms with Crippen molar-refractivity contribution in [2.45, 2.75) is 23.1 Å². The Morgan fingerprint density at radius 1 is 1.49 bits per heavy atom. The van der Waals surface area contributed by atoms with Gasteiger partial charge in [-0.2, -0.15) is 5.26 Å². The van der Waals surface area contributed by atoms with Gasteiger partial charge in [0.15, 0.2) is 5.13 Å². The number of carbonyl (C=O) groups is 3. The number of hydrogen-bond donors (Lipinski definition) is 2. The normalized spacial score (nSPS) is 19.4. The van der Waals surface area contributed by atoms with Gasteiger partial charge in [-0.15, -0.1) is 28.2 Å². The summed E-state index contributed by atoms with van der Waals surface area (Å²) in [4.78, 5) is 42.5. The number of halogens is 1. The van der Waals surface area contributed by atoms with Crippen molar-refractivity contribution in [2.24, 2.45) is 0 Å². The number of hydrogen-bond acceptors (Lipinski definition) is 13. The van der Waals surface area contributed by atoms with Crippen molar-refractivity contribution in [3.63, 3.8) is 0 Å². The second kappa shape index (κ2) is 11.7. The zero-order valence-electron chi connectivity index (χ0n) is 17.9. The number of tetrazole rings is 1. The first-order chi connectivity index (χ1) is 16.3. The number of thioether (sulfide) groups is 2. The fourth-order valence-electron chi connectivity index (χ4n) is 3.25. The molecule has 18 heteroatoms. The zero-order chi connectivity index (χ0) is 24.4. The summed E-state index contributed by atoms with van der Waals surface area (Å²) in [6, 6.07) is 0.973. The fourth-order valence-corrected chi connectivity index (χ4v) is 6.39. The number of aliphatic carboxylic acids is 1. The van der Waals surface area contributed by atoms with Crippen molar-refractivity contribution in [3.8, 4) is 6.07 Å². The van der Waals surface area contributed by atoms with Gasteiger partial charge in [0.05, 0.1) is 29.0 Å². The van der Waals surface area contributed by atoms with Crippen LogP contribution in [0, 0.1) is 11.3 Å². The number of nitrogen functional groups attached to an aromatic ring is 1. The Morgan fingerprint density at radius 2 is 2.26 bits per heavy atom. The molecule has 2 aliphatic heterocycles. The van der Waals surface area contributed by atoms with Crippen LogP contribution in [0.4, 0.5) is 5.13 Å². The van der Waals surface area contributed by atoms with Crippen molar-refractivity contribution in [1.82, 2.24) is 35.4 Å². The van der Waals surface area contributed by atoms with Crippen LogP contribution in [-0.2, 0) is 20.9 Å². The van der Waals surface area contributed by atoms with Crippen molar-refractivity contribution in [1.29, 1.82) is 5.26 Å². The summed E-state index contributed by atoms with van der Waals surface area (Å²) in [6.45, 7) is -0.0588. The second-order valence-corrected chi connectivity index (χ2v) is 9.92. The van der Waals surface area contributed by atoms with Crippen LogP contribution >= 0.6 is 46.5 Å². The number of nitriles is 1. The van der Waals surface area contributed by atoms with E-state index in [1.165, 1.54) is 16.4 Å². The molecule has 0 aliphatic carbocycles. The number of nitrogens with zero attached hydrogens (tertiary/aromatic N) is 7. The van der Waals surface area contributed by atoms with Crippen molar-refractivity contribution < 1.29 is 49.0 Å². The molecule has 4 heterocycles. The number of thiazole rings is 1. The Bertz CT molecular complexity index is 1270. The Hall–Kier alpha value is -2.13. The molecular formula is C17H13ClN9NaO4S3. The van der Waals surface area contributed by atoms with E-state index in [1.807, 2.05) is 6.07 Å². The number of carboxylic acid groups (broad SMARTS) is 1. The number of anilines is 1. The zero-order valence-corrected chi connectivity index (χ0v) is 23.1. The molecule has 0 radical (unpaired) electrons. The molecule has 1 unspecified atom stereocenters. The SMILES string of the molecule is N#CCn1nnnc1SCC1=C(C(=O)[O-])N2C(=O)C(NC(=O)C(=CCl)c3csc(N)n3)[C@@H]2SC1.[Na+]. The minimum atomic E-state index is -1.50. The number of amides is 2. The molecule has 1 saturated heterocycles. The van der Waals surface area contributed by atoms with Gasteiger partial charge in [-0.1, -0.05) is 23.4 Å². The first kappa shape index (κ1) is 27.5. The number of nitrogens with two attached hydrogens (primary N) is 1. The molecular weight excluding hydrogens is 549 g/mol. The van der Waals surface area contributed by atoms with Gasteiger partial charge in [0.25, 0.3) is 11.8 Å². The Labute approximate surface area is 237 Å². The summed E-state index contributed by atoms with van der Waals surface area (Å²) < 4.78 is 1.28. The van der Waals surface area contributed by atoms with E-state index in [0.717, 1.165) is 33.5 Å². The predicted molar refractivity (Wildman–Crippen MR) is 122 cm³/mol. The molecule has 0 saturated carbocycles. The Morgan fingerprint density at radius 3 is 2.89 bits per heavy atom. The standard InChI is InChI=1S/C17H14ClN9O4S3.Na/c18-3-8(9-6-33-16(20)21-9)12(28)22-10-13(29)27-11(15(30)31)7(4-32-14(10)27)5-34-17-23-24-25-26(17)2-1-19;/h3,6,10,14H,2,4-5H2,(H2,20,21)(H,22,28)(H,30,31);/q;+1/p-1/t10?,14-;/m0./s1. The molecule has 0 spiro atoms. The average Bonchev–Trinajstić information content (AvgIpc) is 3.44. The molecule has 2 aromatic heterocycles. The van der Waals surface area contributed by atoms with E-state index in [1.54, 1.807) is 5.38 Å². The van der Waals surface area contributed by atoms with Crippen LogP contribution in [0.3, 0.4) is 0 Å². The third-order valence-electron chi connectivity index (χ3n) is 4.77. The van der Waals surface area contributed by atoms with Crippen molar-refractivity contribution in [2.75, 3.05) is 17.2 Å². The van der Waals surface area contributed by atoms with Gasteiger partial charge in [0.1, 0.15) is 18.0 Å². The first-order valence-corrected chi connectivity index (χ1v) is 12.7. The van der Waals surface area contributed by atoms with Gasteiger partial charge in [-0.05, 0) is 16.0 Å². The van der Waals surface area contributed by atoms with E-state index in [-0.39, 0.29) is 69.7 Å². The Balaban J connectivity index is 0.00000342. The maximum Gasteiger partial charge on any atom is 1.00 e. The minimum Gasteiger partial charge on any atom is -0.543 e. The van der Waals surface area contributed by atoms with E-state index in [0.29, 0.717) is 10.7 Å². The first-order valence-electron chi connectivity index (χ1n) is 9.32. The van der Waals surface area contributed by atoms with E-state index in [4.69, 9.17) is 22.6 Å². The monoisotopic (exact) mass is 561 g/mol.